The van der Waals surface area contributed by atoms with E-state index in [9.17, 15) is 4.79 Å². The lowest BCUT2D eigenvalue weighted by molar-refractivity contribution is 0.0951. The first-order valence-corrected chi connectivity index (χ1v) is 9.04. The van der Waals surface area contributed by atoms with E-state index >= 15 is 0 Å². The highest BCUT2D eigenvalue weighted by Gasteiger charge is 2.28. The standard InChI is InChI=1S/C21H23N3O2/c1-24-18-10-7-14(13-17(18)23-20(24)15-8-9-15)11-12-22-21(25)16-5-3-4-6-19(16)26-2/h3-7,10,13,15H,8-9,11-12H2,1-2H3,(H,22,25). The maximum atomic E-state index is 12.4. The van der Waals surface area contributed by atoms with Crippen molar-refractivity contribution in [2.24, 2.45) is 7.05 Å². The Hall–Kier alpha value is -2.82. The van der Waals surface area contributed by atoms with E-state index in [0.717, 1.165) is 11.9 Å². The van der Waals surface area contributed by atoms with E-state index in [2.05, 4.69) is 35.1 Å². The molecule has 134 valence electrons. The number of carbonyl (C=O) groups is 1. The van der Waals surface area contributed by atoms with Gasteiger partial charge in [-0.05, 0) is 49.1 Å². The van der Waals surface area contributed by atoms with Gasteiger partial charge in [0.05, 0.1) is 23.7 Å². The molecule has 1 heterocycles. The topological polar surface area (TPSA) is 56.1 Å². The van der Waals surface area contributed by atoms with Gasteiger partial charge in [0.2, 0.25) is 0 Å². The molecule has 1 saturated carbocycles. The van der Waals surface area contributed by atoms with E-state index in [0.29, 0.717) is 23.8 Å². The number of carbonyl (C=O) groups excluding carboxylic acids is 1. The first kappa shape index (κ1) is 16.6. The smallest absolute Gasteiger partial charge is 0.255 e. The number of nitrogens with zero attached hydrogens (tertiary/aromatic N) is 2. The number of para-hydroxylation sites is 1. The van der Waals surface area contributed by atoms with Crippen LogP contribution in [0.1, 0.15) is 40.5 Å². The van der Waals surface area contributed by atoms with Crippen molar-refractivity contribution in [3.63, 3.8) is 0 Å². The molecule has 1 aliphatic rings. The summed E-state index contributed by atoms with van der Waals surface area (Å²) in [6.07, 6.45) is 3.27. The first-order valence-electron chi connectivity index (χ1n) is 9.04. The van der Waals surface area contributed by atoms with Crippen LogP contribution in [0.5, 0.6) is 5.75 Å². The quantitative estimate of drug-likeness (QED) is 0.742. The number of amides is 1. The molecule has 5 nitrogen and oxygen atoms in total. The maximum absolute atomic E-state index is 12.4. The van der Waals surface area contributed by atoms with Gasteiger partial charge >= 0.3 is 0 Å². The molecule has 1 N–H and O–H groups in total. The largest absolute Gasteiger partial charge is 0.496 e. The highest BCUT2D eigenvalue weighted by Crippen LogP contribution is 2.40. The van der Waals surface area contributed by atoms with E-state index in [1.807, 2.05) is 12.1 Å². The van der Waals surface area contributed by atoms with Crippen LogP contribution in [-0.2, 0) is 13.5 Å². The fourth-order valence-corrected chi connectivity index (χ4v) is 3.37. The number of fused-ring (bicyclic) bond motifs is 1. The zero-order valence-electron chi connectivity index (χ0n) is 15.2. The summed E-state index contributed by atoms with van der Waals surface area (Å²) < 4.78 is 7.45. The molecule has 0 radical (unpaired) electrons. The van der Waals surface area contributed by atoms with Crippen molar-refractivity contribution in [1.29, 1.82) is 0 Å². The molecular weight excluding hydrogens is 326 g/mol. The van der Waals surface area contributed by atoms with Gasteiger partial charge < -0.3 is 14.6 Å². The van der Waals surface area contributed by atoms with Crippen molar-refractivity contribution >= 4 is 16.9 Å². The average molecular weight is 349 g/mol. The van der Waals surface area contributed by atoms with Crippen LogP contribution in [0.3, 0.4) is 0 Å². The fraction of sp³-hybridized carbons (Fsp3) is 0.333. The van der Waals surface area contributed by atoms with Gasteiger partial charge in [0.25, 0.3) is 5.91 Å². The van der Waals surface area contributed by atoms with Gasteiger partial charge in [-0.15, -0.1) is 0 Å². The third-order valence-corrected chi connectivity index (χ3v) is 4.97. The van der Waals surface area contributed by atoms with Crippen LogP contribution >= 0.6 is 0 Å². The van der Waals surface area contributed by atoms with Crippen LogP contribution in [0.2, 0.25) is 0 Å². The average Bonchev–Trinajstić information content (AvgIpc) is 3.46. The highest BCUT2D eigenvalue weighted by molar-refractivity contribution is 5.96. The van der Waals surface area contributed by atoms with Crippen LogP contribution in [0.4, 0.5) is 0 Å². The summed E-state index contributed by atoms with van der Waals surface area (Å²) in [5.74, 6) is 2.31. The van der Waals surface area contributed by atoms with Crippen molar-refractivity contribution in [3.05, 3.63) is 59.4 Å². The Kier molecular flexibility index (Phi) is 4.37. The lowest BCUT2D eigenvalue weighted by atomic mass is 10.1. The number of hydrogen-bond acceptors (Lipinski definition) is 3. The van der Waals surface area contributed by atoms with Gasteiger partial charge in [-0.25, -0.2) is 4.98 Å². The molecule has 0 unspecified atom stereocenters. The van der Waals surface area contributed by atoms with Crippen molar-refractivity contribution < 1.29 is 9.53 Å². The predicted octanol–water partition coefficient (Wildman–Crippen LogP) is 3.43. The first-order chi connectivity index (χ1) is 12.7. The normalized spacial score (nSPS) is 13.8. The molecule has 3 aromatic rings. The number of nitrogens with one attached hydrogen (secondary N) is 1. The van der Waals surface area contributed by atoms with E-state index in [-0.39, 0.29) is 5.91 Å². The van der Waals surface area contributed by atoms with Crippen molar-refractivity contribution in [1.82, 2.24) is 14.9 Å². The number of imidazole rings is 1. The number of ether oxygens (including phenoxy) is 1. The van der Waals surface area contributed by atoms with Gasteiger partial charge in [-0.1, -0.05) is 18.2 Å². The Labute approximate surface area is 153 Å². The number of benzene rings is 2. The summed E-state index contributed by atoms with van der Waals surface area (Å²) >= 11 is 0. The second-order valence-electron chi connectivity index (χ2n) is 6.83. The summed E-state index contributed by atoms with van der Waals surface area (Å²) in [7, 11) is 3.67. The summed E-state index contributed by atoms with van der Waals surface area (Å²) in [5.41, 5.74) is 3.96. The van der Waals surface area contributed by atoms with E-state index in [1.165, 1.54) is 29.7 Å². The molecule has 0 atom stereocenters. The Morgan fingerprint density at radius 2 is 2.08 bits per heavy atom. The van der Waals surface area contributed by atoms with Gasteiger partial charge in [0, 0.05) is 19.5 Å². The zero-order valence-corrected chi connectivity index (χ0v) is 15.2. The second-order valence-corrected chi connectivity index (χ2v) is 6.83. The molecule has 0 bridgehead atoms. The fourth-order valence-electron chi connectivity index (χ4n) is 3.37. The number of aromatic nitrogens is 2. The molecule has 4 rings (SSSR count). The van der Waals surface area contributed by atoms with Crippen molar-refractivity contribution in [2.75, 3.05) is 13.7 Å². The minimum absolute atomic E-state index is 0.114. The molecule has 1 aliphatic carbocycles. The molecule has 1 amide bonds. The molecule has 1 aromatic heterocycles. The third-order valence-electron chi connectivity index (χ3n) is 4.97. The predicted molar refractivity (Wildman–Crippen MR) is 102 cm³/mol. The third kappa shape index (κ3) is 3.17. The monoisotopic (exact) mass is 349 g/mol. The Balaban J connectivity index is 1.42. The lowest BCUT2D eigenvalue weighted by Crippen LogP contribution is -2.26. The molecule has 0 saturated heterocycles. The number of aryl methyl sites for hydroxylation is 1. The van der Waals surface area contributed by atoms with Crippen molar-refractivity contribution in [2.45, 2.75) is 25.2 Å². The molecule has 1 fully saturated rings. The Morgan fingerprint density at radius 3 is 2.85 bits per heavy atom. The molecular formula is C21H23N3O2. The van der Waals surface area contributed by atoms with Gasteiger partial charge in [-0.3, -0.25) is 4.79 Å². The van der Waals surface area contributed by atoms with E-state index < -0.39 is 0 Å². The minimum Gasteiger partial charge on any atom is -0.496 e. The number of hydrogen-bond donors (Lipinski definition) is 1. The van der Waals surface area contributed by atoms with Crippen LogP contribution in [0.15, 0.2) is 42.5 Å². The summed E-state index contributed by atoms with van der Waals surface area (Å²) in [6, 6.07) is 13.6. The van der Waals surface area contributed by atoms with Gasteiger partial charge in [0.1, 0.15) is 11.6 Å². The van der Waals surface area contributed by atoms with Crippen LogP contribution < -0.4 is 10.1 Å². The second kappa shape index (κ2) is 6.83. The molecule has 5 heteroatoms. The Morgan fingerprint density at radius 1 is 1.27 bits per heavy atom. The van der Waals surface area contributed by atoms with Gasteiger partial charge in [0.15, 0.2) is 0 Å². The summed E-state index contributed by atoms with van der Waals surface area (Å²) in [4.78, 5) is 17.2. The van der Waals surface area contributed by atoms with Crippen LogP contribution in [-0.4, -0.2) is 29.1 Å². The molecule has 26 heavy (non-hydrogen) atoms. The molecule has 0 aliphatic heterocycles. The van der Waals surface area contributed by atoms with Crippen LogP contribution in [0.25, 0.3) is 11.0 Å². The highest BCUT2D eigenvalue weighted by atomic mass is 16.5. The summed E-state index contributed by atoms with van der Waals surface area (Å²) in [5, 5.41) is 2.97. The van der Waals surface area contributed by atoms with Gasteiger partial charge in [-0.2, -0.15) is 0 Å². The van der Waals surface area contributed by atoms with Crippen LogP contribution in [0, 0.1) is 0 Å². The molecule has 0 spiro atoms. The number of rotatable bonds is 6. The summed E-state index contributed by atoms with van der Waals surface area (Å²) in [6.45, 7) is 0.574. The molecule has 2 aromatic carbocycles. The minimum atomic E-state index is -0.114. The van der Waals surface area contributed by atoms with E-state index in [4.69, 9.17) is 9.72 Å². The maximum Gasteiger partial charge on any atom is 0.255 e. The number of methoxy groups -OCH3 is 1. The van der Waals surface area contributed by atoms with Crippen molar-refractivity contribution in [3.8, 4) is 5.75 Å². The lowest BCUT2D eigenvalue weighted by Gasteiger charge is -2.09. The zero-order chi connectivity index (χ0) is 18.1. The SMILES string of the molecule is COc1ccccc1C(=O)NCCc1ccc2c(c1)nc(C1CC1)n2C. The van der Waals surface area contributed by atoms with E-state index in [1.54, 1.807) is 19.2 Å². The Bertz CT molecular complexity index is 957.